The van der Waals surface area contributed by atoms with Crippen LogP contribution in [0.1, 0.15) is 5.56 Å². The predicted molar refractivity (Wildman–Crippen MR) is 44.2 cm³/mol. The van der Waals surface area contributed by atoms with Crippen LogP contribution in [0.4, 0.5) is 4.39 Å². The Morgan fingerprint density at radius 1 is 1.64 bits per heavy atom. The van der Waals surface area contributed by atoms with Crippen LogP contribution in [0, 0.1) is 17.1 Å². The van der Waals surface area contributed by atoms with Crippen LogP contribution in [0.2, 0.25) is 0 Å². The monoisotopic (exact) mass is 195 g/mol. The molecule has 0 saturated carbocycles. The smallest absolute Gasteiger partial charge is 0.341 e. The molecule has 0 fully saturated rings. The van der Waals surface area contributed by atoms with Gasteiger partial charge in [-0.3, -0.25) is 0 Å². The van der Waals surface area contributed by atoms with Gasteiger partial charge in [0.15, 0.2) is 18.2 Å². The molecule has 1 aromatic rings. The van der Waals surface area contributed by atoms with E-state index in [0.717, 1.165) is 6.07 Å². The molecule has 1 rings (SSSR count). The molecule has 0 aliphatic heterocycles. The van der Waals surface area contributed by atoms with Crippen molar-refractivity contribution in [1.82, 2.24) is 0 Å². The quantitative estimate of drug-likeness (QED) is 0.785. The predicted octanol–water partition coefficient (Wildman–Crippen LogP) is 1.16. The largest absolute Gasteiger partial charge is 0.479 e. The molecule has 14 heavy (non-hydrogen) atoms. The molecule has 72 valence electrons. The highest BCUT2D eigenvalue weighted by Crippen LogP contribution is 2.21. The molecule has 0 aromatic heterocycles. The number of nitrogens with zero attached hydrogens (tertiary/aromatic N) is 1. The lowest BCUT2D eigenvalue weighted by atomic mass is 10.2. The SMILES string of the molecule is N#Cc1cccc(F)c1OCC(=O)O. The average molecular weight is 195 g/mol. The van der Waals surface area contributed by atoms with Gasteiger partial charge in [-0.2, -0.15) is 5.26 Å². The molecule has 0 bridgehead atoms. The van der Waals surface area contributed by atoms with Gasteiger partial charge in [0.2, 0.25) is 0 Å². The van der Waals surface area contributed by atoms with Gasteiger partial charge in [0.1, 0.15) is 6.07 Å². The number of hydrogen-bond acceptors (Lipinski definition) is 3. The lowest BCUT2D eigenvalue weighted by molar-refractivity contribution is -0.139. The Kier molecular flexibility index (Phi) is 3.02. The summed E-state index contributed by atoms with van der Waals surface area (Å²) in [5, 5.41) is 16.9. The van der Waals surface area contributed by atoms with E-state index in [0.29, 0.717) is 0 Å². The molecule has 0 unspecified atom stereocenters. The Hall–Kier alpha value is -2.09. The van der Waals surface area contributed by atoms with Crippen LogP contribution in [-0.2, 0) is 4.79 Å². The number of carboxylic acid groups (broad SMARTS) is 1. The molecule has 0 heterocycles. The fraction of sp³-hybridized carbons (Fsp3) is 0.111. The highest BCUT2D eigenvalue weighted by Gasteiger charge is 2.10. The highest BCUT2D eigenvalue weighted by atomic mass is 19.1. The molecule has 0 spiro atoms. The first-order valence-electron chi connectivity index (χ1n) is 3.68. The first-order valence-corrected chi connectivity index (χ1v) is 3.68. The summed E-state index contributed by atoms with van der Waals surface area (Å²) >= 11 is 0. The second-order valence-electron chi connectivity index (χ2n) is 2.41. The van der Waals surface area contributed by atoms with Gasteiger partial charge in [-0.15, -0.1) is 0 Å². The summed E-state index contributed by atoms with van der Waals surface area (Å²) in [6.07, 6.45) is 0. The van der Waals surface area contributed by atoms with Crippen molar-refractivity contribution in [1.29, 1.82) is 5.26 Å². The van der Waals surface area contributed by atoms with Crippen molar-refractivity contribution >= 4 is 5.97 Å². The number of carbonyl (C=O) groups is 1. The summed E-state index contributed by atoms with van der Waals surface area (Å²) in [6.45, 7) is -0.671. The van der Waals surface area contributed by atoms with Crippen molar-refractivity contribution in [3.63, 3.8) is 0 Å². The van der Waals surface area contributed by atoms with Crippen LogP contribution in [0.3, 0.4) is 0 Å². The lowest BCUT2D eigenvalue weighted by Crippen LogP contribution is -2.11. The van der Waals surface area contributed by atoms with Crippen LogP contribution in [0.15, 0.2) is 18.2 Å². The van der Waals surface area contributed by atoms with Gasteiger partial charge in [-0.1, -0.05) is 6.07 Å². The van der Waals surface area contributed by atoms with Crippen LogP contribution < -0.4 is 4.74 Å². The summed E-state index contributed by atoms with van der Waals surface area (Å²) in [6, 6.07) is 5.49. The standard InChI is InChI=1S/C9H6FNO3/c10-7-3-1-2-6(4-11)9(7)14-5-8(12)13/h1-3H,5H2,(H,12,13). The minimum Gasteiger partial charge on any atom is -0.479 e. The van der Waals surface area contributed by atoms with Crippen molar-refractivity contribution in [2.75, 3.05) is 6.61 Å². The molecule has 0 aliphatic carbocycles. The normalized spacial score (nSPS) is 9.14. The van der Waals surface area contributed by atoms with E-state index in [9.17, 15) is 9.18 Å². The zero-order chi connectivity index (χ0) is 10.6. The van der Waals surface area contributed by atoms with Gasteiger partial charge >= 0.3 is 5.97 Å². The second-order valence-corrected chi connectivity index (χ2v) is 2.41. The number of halogens is 1. The maximum absolute atomic E-state index is 13.0. The van der Waals surface area contributed by atoms with Crippen LogP contribution in [-0.4, -0.2) is 17.7 Å². The topological polar surface area (TPSA) is 70.3 Å². The Morgan fingerprint density at radius 2 is 2.36 bits per heavy atom. The summed E-state index contributed by atoms with van der Waals surface area (Å²) in [5.41, 5.74) is -0.0220. The van der Waals surface area contributed by atoms with Gasteiger partial charge in [0.25, 0.3) is 0 Å². The fourth-order valence-corrected chi connectivity index (χ4v) is 0.877. The molecule has 0 amide bonds. The van der Waals surface area contributed by atoms with Gasteiger partial charge in [-0.05, 0) is 12.1 Å². The Balaban J connectivity index is 2.94. The number of rotatable bonds is 3. The number of hydrogen-bond donors (Lipinski definition) is 1. The molecule has 0 atom stereocenters. The minimum absolute atomic E-state index is 0.0220. The fourth-order valence-electron chi connectivity index (χ4n) is 0.877. The Bertz CT molecular complexity index is 398. The van der Waals surface area contributed by atoms with Crippen molar-refractivity contribution in [3.8, 4) is 11.8 Å². The van der Waals surface area contributed by atoms with E-state index in [1.165, 1.54) is 12.1 Å². The number of carboxylic acids is 1. The highest BCUT2D eigenvalue weighted by molar-refractivity contribution is 5.68. The number of para-hydroxylation sites is 1. The van der Waals surface area contributed by atoms with E-state index in [2.05, 4.69) is 4.74 Å². The molecule has 0 radical (unpaired) electrons. The van der Waals surface area contributed by atoms with Crippen LogP contribution in [0.25, 0.3) is 0 Å². The molecule has 1 N–H and O–H groups in total. The summed E-state index contributed by atoms with van der Waals surface area (Å²) in [5.74, 6) is -2.29. The zero-order valence-corrected chi connectivity index (χ0v) is 7.03. The Labute approximate surface area is 79.2 Å². The molecular formula is C9H6FNO3. The third-order valence-electron chi connectivity index (χ3n) is 1.43. The second kappa shape index (κ2) is 4.23. The first kappa shape index (κ1) is 9.99. The number of ether oxygens (including phenoxy) is 1. The maximum Gasteiger partial charge on any atom is 0.341 e. The van der Waals surface area contributed by atoms with Crippen LogP contribution >= 0.6 is 0 Å². The molecular weight excluding hydrogens is 189 g/mol. The van der Waals surface area contributed by atoms with Gasteiger partial charge in [0, 0.05) is 0 Å². The maximum atomic E-state index is 13.0. The number of aliphatic carboxylic acids is 1. The van der Waals surface area contributed by atoms with Crippen molar-refractivity contribution in [2.45, 2.75) is 0 Å². The lowest BCUT2D eigenvalue weighted by Gasteiger charge is -2.05. The van der Waals surface area contributed by atoms with Crippen molar-refractivity contribution < 1.29 is 19.0 Å². The first-order chi connectivity index (χ1) is 6.65. The number of nitriles is 1. The zero-order valence-electron chi connectivity index (χ0n) is 7.03. The molecule has 0 saturated heterocycles. The van der Waals surface area contributed by atoms with Gasteiger partial charge < -0.3 is 9.84 Å². The number of benzene rings is 1. The van der Waals surface area contributed by atoms with E-state index in [1.807, 2.05) is 0 Å². The third-order valence-corrected chi connectivity index (χ3v) is 1.43. The molecule has 1 aromatic carbocycles. The van der Waals surface area contributed by atoms with E-state index in [1.54, 1.807) is 6.07 Å². The van der Waals surface area contributed by atoms with Crippen molar-refractivity contribution in [2.24, 2.45) is 0 Å². The molecule has 4 nitrogen and oxygen atoms in total. The summed E-state index contributed by atoms with van der Waals surface area (Å²) in [4.78, 5) is 10.2. The molecule has 0 aliphatic rings. The summed E-state index contributed by atoms with van der Waals surface area (Å²) < 4.78 is 17.6. The average Bonchev–Trinajstić information content (AvgIpc) is 2.15. The van der Waals surface area contributed by atoms with Gasteiger partial charge in [0.05, 0.1) is 5.56 Å². The van der Waals surface area contributed by atoms with E-state index in [-0.39, 0.29) is 11.3 Å². The van der Waals surface area contributed by atoms with E-state index in [4.69, 9.17) is 10.4 Å². The Morgan fingerprint density at radius 3 is 2.93 bits per heavy atom. The van der Waals surface area contributed by atoms with E-state index >= 15 is 0 Å². The minimum atomic E-state index is -1.22. The molecule has 5 heteroatoms. The third kappa shape index (κ3) is 2.20. The van der Waals surface area contributed by atoms with E-state index < -0.39 is 18.4 Å². The van der Waals surface area contributed by atoms with Crippen molar-refractivity contribution in [3.05, 3.63) is 29.6 Å². The van der Waals surface area contributed by atoms with Crippen LogP contribution in [0.5, 0.6) is 5.75 Å². The van der Waals surface area contributed by atoms with Gasteiger partial charge in [-0.25, -0.2) is 9.18 Å². The summed E-state index contributed by atoms with van der Waals surface area (Å²) in [7, 11) is 0.